The normalized spacial score (nSPS) is 17.3. The van der Waals surface area contributed by atoms with Gasteiger partial charge in [0.15, 0.2) is 0 Å². The molecule has 0 amide bonds. The summed E-state index contributed by atoms with van der Waals surface area (Å²) in [6.07, 6.45) is -8.02. The van der Waals surface area contributed by atoms with Crippen LogP contribution in [0.2, 0.25) is 5.54 Å². The lowest BCUT2D eigenvalue weighted by Crippen LogP contribution is -2.77. The molecule has 1 unspecified atom stereocenters. The van der Waals surface area contributed by atoms with Crippen LogP contribution in [0.25, 0.3) is 0 Å². The van der Waals surface area contributed by atoms with Crippen LogP contribution in [-0.2, 0) is 13.3 Å². The van der Waals surface area contributed by atoms with Crippen molar-refractivity contribution in [2.24, 2.45) is 0 Å². The Morgan fingerprint density at radius 1 is 0.375 bits per heavy atom. The molecule has 1 atom stereocenters. The van der Waals surface area contributed by atoms with E-state index in [2.05, 4.69) is 13.3 Å². The molecule has 0 heterocycles. The third-order valence-corrected chi connectivity index (χ3v) is 8.59. The van der Waals surface area contributed by atoms with E-state index in [-0.39, 0.29) is 6.92 Å². The smallest absolute Gasteiger partial charge is 0.377 e. The molecular weight excluding hydrogens is 655 g/mol. The number of hydrogen-bond acceptors (Lipinski definition) is 3. The summed E-state index contributed by atoms with van der Waals surface area (Å²) in [4.78, 5) is 0. The summed E-state index contributed by atoms with van der Waals surface area (Å²) in [5.41, 5.74) is -3.72. The Morgan fingerprint density at radius 2 is 0.575 bits per heavy atom. The van der Waals surface area contributed by atoms with Crippen molar-refractivity contribution in [2.75, 3.05) is 21.3 Å². The lowest BCUT2D eigenvalue weighted by Gasteiger charge is -2.45. The predicted molar refractivity (Wildman–Crippen MR) is 86.8 cm³/mol. The van der Waals surface area contributed by atoms with E-state index >= 15 is 0 Å². The van der Waals surface area contributed by atoms with Gasteiger partial charge < -0.3 is 13.3 Å². The average molecular weight is 668 g/mol. The third kappa shape index (κ3) is 4.59. The first kappa shape index (κ1) is 38.6. The van der Waals surface area contributed by atoms with Gasteiger partial charge in [-0.2, -0.15) is 92.2 Å². The minimum absolute atomic E-state index is 0.286. The van der Waals surface area contributed by atoms with Gasteiger partial charge in [-0.05, 0) is 0 Å². The van der Waals surface area contributed by atoms with Crippen molar-refractivity contribution in [2.45, 2.75) is 71.9 Å². The lowest BCUT2D eigenvalue weighted by atomic mass is 9.86. The van der Waals surface area contributed by atoms with Crippen LogP contribution in [0.15, 0.2) is 0 Å². The number of alkyl halides is 21. The fourth-order valence-electron chi connectivity index (χ4n) is 2.84. The topological polar surface area (TPSA) is 27.7 Å². The average Bonchev–Trinajstić information content (AvgIpc) is 2.78. The molecule has 0 spiro atoms. The van der Waals surface area contributed by atoms with E-state index < -0.39 is 73.8 Å². The van der Waals surface area contributed by atoms with Gasteiger partial charge >= 0.3 is 68.3 Å². The van der Waals surface area contributed by atoms with E-state index in [0.717, 1.165) is 0 Å². The van der Waals surface area contributed by atoms with Crippen LogP contribution in [0.4, 0.5) is 92.2 Å². The highest BCUT2D eigenvalue weighted by atomic mass is 28.4. The Balaban J connectivity index is 7.25. The van der Waals surface area contributed by atoms with Crippen molar-refractivity contribution in [3.05, 3.63) is 0 Å². The van der Waals surface area contributed by atoms with Crippen LogP contribution in [-0.4, -0.2) is 89.6 Å². The SMILES string of the molecule is CO[Si](OC)(OC)C(C)C(F)(F)C(F)(F)C(F)(F)C(F)(F)C(F)(F)C(F)(F)C(F)(F)C(F)(F)C(F)(F)C(F)(F)F. The maximum Gasteiger partial charge on any atom is 0.509 e. The van der Waals surface area contributed by atoms with Crippen molar-refractivity contribution in [1.29, 1.82) is 0 Å². The molecule has 40 heavy (non-hydrogen) atoms. The summed E-state index contributed by atoms with van der Waals surface area (Å²) in [6, 6.07) is 0. The summed E-state index contributed by atoms with van der Waals surface area (Å²) in [7, 11) is -4.50. The number of rotatable bonds is 13. The molecule has 0 saturated carbocycles. The lowest BCUT2D eigenvalue weighted by molar-refractivity contribution is -0.474. The molecule has 0 rings (SSSR count). The van der Waals surface area contributed by atoms with Gasteiger partial charge in [0.2, 0.25) is 0 Å². The molecule has 0 bridgehead atoms. The van der Waals surface area contributed by atoms with E-state index in [0.29, 0.717) is 21.3 Å². The minimum atomic E-state index is -9.22. The largest absolute Gasteiger partial charge is 0.509 e. The molecule has 0 aromatic carbocycles. The summed E-state index contributed by atoms with van der Waals surface area (Å²) in [5.74, 6) is -77.6. The van der Waals surface area contributed by atoms with Crippen LogP contribution in [0.5, 0.6) is 0 Å². The zero-order valence-electron chi connectivity index (χ0n) is 19.2. The highest BCUT2D eigenvalue weighted by Crippen LogP contribution is 2.67. The zero-order valence-corrected chi connectivity index (χ0v) is 20.2. The second-order valence-electron chi connectivity index (χ2n) is 7.65. The fourth-order valence-corrected chi connectivity index (χ4v) is 5.03. The first-order valence-electron chi connectivity index (χ1n) is 9.21. The van der Waals surface area contributed by atoms with Gasteiger partial charge in [-0.3, -0.25) is 0 Å². The Hall–Kier alpha value is -1.37. The van der Waals surface area contributed by atoms with Crippen molar-refractivity contribution in [1.82, 2.24) is 0 Å². The highest BCUT2D eigenvalue weighted by Gasteiger charge is 2.98. The molecule has 242 valence electrons. The van der Waals surface area contributed by atoms with E-state index in [1.54, 1.807) is 0 Å². The van der Waals surface area contributed by atoms with Crippen LogP contribution >= 0.6 is 0 Å². The monoisotopic (exact) mass is 668 g/mol. The van der Waals surface area contributed by atoms with Crippen LogP contribution in [0, 0.1) is 0 Å². The Labute approximate surface area is 208 Å². The van der Waals surface area contributed by atoms with E-state index in [9.17, 15) is 92.2 Å². The molecular formula is C15H13F21O3Si. The molecule has 25 heteroatoms. The van der Waals surface area contributed by atoms with Crippen LogP contribution < -0.4 is 0 Å². The molecule has 0 fully saturated rings. The standard InChI is InChI=1S/C15H13F21O3Si/c1-5(40(37-2,38-3)39-4)6(16,17)7(18,19)8(20,21)9(22,23)10(24,25)11(26,27)12(28,29)13(30,31)14(32,33)15(34,35)36/h5H,1-4H3. The quantitative estimate of drug-likeness (QED) is 0.150. The van der Waals surface area contributed by atoms with Gasteiger partial charge in [0, 0.05) is 21.3 Å². The van der Waals surface area contributed by atoms with Crippen LogP contribution in [0.3, 0.4) is 0 Å². The van der Waals surface area contributed by atoms with E-state index in [1.807, 2.05) is 0 Å². The fraction of sp³-hybridized carbons (Fsp3) is 1.00. The molecule has 0 aliphatic heterocycles. The van der Waals surface area contributed by atoms with Gasteiger partial charge in [-0.25, -0.2) is 0 Å². The zero-order chi connectivity index (χ0) is 33.2. The minimum Gasteiger partial charge on any atom is -0.377 e. The molecule has 0 aliphatic carbocycles. The maximum absolute atomic E-state index is 14.4. The van der Waals surface area contributed by atoms with Crippen molar-refractivity contribution < 1.29 is 105 Å². The van der Waals surface area contributed by atoms with Gasteiger partial charge in [0.25, 0.3) is 0 Å². The van der Waals surface area contributed by atoms with Gasteiger partial charge in [-0.15, -0.1) is 0 Å². The molecule has 0 aromatic heterocycles. The Kier molecular flexibility index (Phi) is 9.77. The Morgan fingerprint density at radius 3 is 0.775 bits per heavy atom. The van der Waals surface area contributed by atoms with Crippen LogP contribution in [0.1, 0.15) is 6.92 Å². The first-order valence-corrected chi connectivity index (χ1v) is 11.0. The second kappa shape index (κ2) is 10.1. The van der Waals surface area contributed by atoms with E-state index in [4.69, 9.17) is 0 Å². The van der Waals surface area contributed by atoms with Gasteiger partial charge in [0.05, 0.1) is 5.54 Å². The van der Waals surface area contributed by atoms with Crippen molar-refractivity contribution >= 4 is 8.80 Å². The molecule has 0 aliphatic rings. The molecule has 0 saturated heterocycles. The highest BCUT2D eigenvalue weighted by molar-refractivity contribution is 6.62. The van der Waals surface area contributed by atoms with Gasteiger partial charge in [0.1, 0.15) is 0 Å². The number of hydrogen-bond donors (Lipinski definition) is 0. The summed E-state index contributed by atoms with van der Waals surface area (Å²) < 4.78 is 295. The van der Waals surface area contributed by atoms with E-state index in [1.165, 1.54) is 0 Å². The second-order valence-corrected chi connectivity index (χ2v) is 11.0. The van der Waals surface area contributed by atoms with Crippen molar-refractivity contribution in [3.63, 3.8) is 0 Å². The molecule has 0 N–H and O–H groups in total. The van der Waals surface area contributed by atoms with Gasteiger partial charge in [-0.1, -0.05) is 6.92 Å². The van der Waals surface area contributed by atoms with Crippen molar-refractivity contribution in [3.8, 4) is 0 Å². The predicted octanol–water partition coefficient (Wildman–Crippen LogP) is 7.53. The molecule has 0 aromatic rings. The summed E-state index contributed by atoms with van der Waals surface area (Å²) >= 11 is 0. The maximum atomic E-state index is 14.4. The molecule has 0 radical (unpaired) electrons. The Bertz CT molecular complexity index is 886. The first-order chi connectivity index (χ1) is 17.1. The summed E-state index contributed by atoms with van der Waals surface area (Å²) in [6.45, 7) is -0.286. The third-order valence-electron chi connectivity index (χ3n) is 5.46. The summed E-state index contributed by atoms with van der Waals surface area (Å²) in [5, 5.41) is 0. The number of halogens is 21. The molecule has 3 nitrogen and oxygen atoms in total.